The Morgan fingerprint density at radius 3 is 2.80 bits per heavy atom. The maximum atomic E-state index is 14.2. The highest BCUT2D eigenvalue weighted by atomic mass is 19.1. The number of benzene rings is 1. The zero-order chi connectivity index (χ0) is 14.9. The predicted molar refractivity (Wildman–Crippen MR) is 71.4 cm³/mol. The average Bonchev–Trinajstić information content (AvgIpc) is 2.77. The molecule has 1 aromatic rings. The monoisotopic (exact) mass is 283 g/mol. The molecule has 5 heteroatoms. The van der Waals surface area contributed by atoms with E-state index in [1.807, 2.05) is 0 Å². The highest BCUT2D eigenvalue weighted by Crippen LogP contribution is 2.38. The molecule has 2 atom stereocenters. The number of esters is 1. The first-order valence-electron chi connectivity index (χ1n) is 6.73. The number of rotatable bonds is 3. The zero-order valence-corrected chi connectivity index (χ0v) is 11.9. The molecule has 0 bridgehead atoms. The van der Waals surface area contributed by atoms with Gasteiger partial charge in [0.2, 0.25) is 0 Å². The molecule has 0 amide bonds. The van der Waals surface area contributed by atoms with Gasteiger partial charge in [-0.05, 0) is 37.1 Å². The highest BCUT2D eigenvalue weighted by Gasteiger charge is 2.46. The number of hydrogen-bond acceptors (Lipinski definition) is 3. The second-order valence-electron chi connectivity index (χ2n) is 5.43. The molecule has 0 radical (unpaired) electrons. The minimum Gasteiger partial charge on any atom is -0.466 e. The van der Waals surface area contributed by atoms with Gasteiger partial charge >= 0.3 is 5.97 Å². The van der Waals surface area contributed by atoms with Crippen molar-refractivity contribution in [1.82, 2.24) is 5.32 Å². The van der Waals surface area contributed by atoms with Crippen molar-refractivity contribution in [3.05, 3.63) is 34.9 Å². The Labute approximate surface area is 117 Å². The van der Waals surface area contributed by atoms with Crippen molar-refractivity contribution in [3.63, 3.8) is 0 Å². The second kappa shape index (κ2) is 5.48. The molecule has 3 nitrogen and oxygen atoms in total. The van der Waals surface area contributed by atoms with Gasteiger partial charge in [0, 0.05) is 18.5 Å². The summed E-state index contributed by atoms with van der Waals surface area (Å²) >= 11 is 0. The molecule has 2 unspecified atom stereocenters. The van der Waals surface area contributed by atoms with E-state index >= 15 is 0 Å². The number of carbonyl (C=O) groups is 1. The second-order valence-corrected chi connectivity index (χ2v) is 5.43. The van der Waals surface area contributed by atoms with Crippen LogP contribution in [0.2, 0.25) is 0 Å². The standard InChI is InChI=1S/C15H19F2NO2/c1-4-20-14(19)11-7-18-8-15(11,3)10-6-12(16)9(2)5-13(10)17/h5-6,11,18H,4,7-8H2,1-3H3. The SMILES string of the molecule is CCOC(=O)C1CNCC1(C)c1cc(F)c(C)cc1F. The molecule has 1 aliphatic rings. The number of carbonyl (C=O) groups excluding carboxylic acids is 1. The van der Waals surface area contributed by atoms with Crippen molar-refractivity contribution in [3.8, 4) is 0 Å². The molecular formula is C15H19F2NO2. The van der Waals surface area contributed by atoms with Crippen molar-refractivity contribution in [1.29, 1.82) is 0 Å². The lowest BCUT2D eigenvalue weighted by atomic mass is 9.73. The molecule has 1 N–H and O–H groups in total. The van der Waals surface area contributed by atoms with Crippen LogP contribution in [-0.4, -0.2) is 25.7 Å². The van der Waals surface area contributed by atoms with Gasteiger partial charge in [-0.15, -0.1) is 0 Å². The lowest BCUT2D eigenvalue weighted by Crippen LogP contribution is -2.38. The summed E-state index contributed by atoms with van der Waals surface area (Å²) in [6, 6.07) is 2.38. The summed E-state index contributed by atoms with van der Waals surface area (Å²) in [5.74, 6) is -1.83. The van der Waals surface area contributed by atoms with E-state index in [1.54, 1.807) is 13.8 Å². The van der Waals surface area contributed by atoms with Gasteiger partial charge in [0.25, 0.3) is 0 Å². The number of aryl methyl sites for hydroxylation is 1. The van der Waals surface area contributed by atoms with E-state index in [4.69, 9.17) is 4.74 Å². The summed E-state index contributed by atoms with van der Waals surface area (Å²) in [4.78, 5) is 12.0. The van der Waals surface area contributed by atoms with Crippen molar-refractivity contribution in [2.24, 2.45) is 5.92 Å². The molecular weight excluding hydrogens is 264 g/mol. The Bertz CT molecular complexity index is 533. The van der Waals surface area contributed by atoms with Crippen molar-refractivity contribution >= 4 is 5.97 Å². The summed E-state index contributed by atoms with van der Waals surface area (Å²) < 4.78 is 33.0. The average molecular weight is 283 g/mol. The van der Waals surface area contributed by atoms with Crippen LogP contribution in [0.25, 0.3) is 0 Å². The van der Waals surface area contributed by atoms with Gasteiger partial charge in [-0.25, -0.2) is 8.78 Å². The van der Waals surface area contributed by atoms with Gasteiger partial charge in [0.05, 0.1) is 12.5 Å². The van der Waals surface area contributed by atoms with Crippen LogP contribution in [0.15, 0.2) is 12.1 Å². The van der Waals surface area contributed by atoms with E-state index in [2.05, 4.69) is 5.32 Å². The van der Waals surface area contributed by atoms with Crippen LogP contribution in [-0.2, 0) is 14.9 Å². The quantitative estimate of drug-likeness (QED) is 0.865. The zero-order valence-electron chi connectivity index (χ0n) is 11.9. The molecule has 2 rings (SSSR count). The molecule has 110 valence electrons. The summed E-state index contributed by atoms with van der Waals surface area (Å²) in [7, 11) is 0. The Balaban J connectivity index is 2.43. The van der Waals surface area contributed by atoms with E-state index < -0.39 is 23.0 Å². The lowest BCUT2D eigenvalue weighted by Gasteiger charge is -2.30. The maximum Gasteiger partial charge on any atom is 0.311 e. The summed E-state index contributed by atoms with van der Waals surface area (Å²) in [6.45, 7) is 6.10. The number of ether oxygens (including phenoxy) is 1. The first-order valence-corrected chi connectivity index (χ1v) is 6.73. The fraction of sp³-hybridized carbons (Fsp3) is 0.533. The van der Waals surface area contributed by atoms with Gasteiger partial charge in [0.1, 0.15) is 11.6 Å². The molecule has 1 heterocycles. The first-order chi connectivity index (χ1) is 9.40. The largest absolute Gasteiger partial charge is 0.466 e. The fourth-order valence-corrected chi connectivity index (χ4v) is 2.78. The van der Waals surface area contributed by atoms with E-state index in [9.17, 15) is 13.6 Å². The van der Waals surface area contributed by atoms with Crippen LogP contribution in [0.1, 0.15) is 25.0 Å². The number of hydrogen-bond donors (Lipinski definition) is 1. The molecule has 0 saturated carbocycles. The summed E-state index contributed by atoms with van der Waals surface area (Å²) in [5.41, 5.74) is -0.317. The Hall–Kier alpha value is -1.49. The Morgan fingerprint density at radius 1 is 1.45 bits per heavy atom. The molecule has 1 fully saturated rings. The lowest BCUT2D eigenvalue weighted by molar-refractivity contribution is -0.149. The molecule has 20 heavy (non-hydrogen) atoms. The maximum absolute atomic E-state index is 14.2. The third-order valence-electron chi connectivity index (χ3n) is 4.04. The van der Waals surface area contributed by atoms with Crippen molar-refractivity contribution in [2.45, 2.75) is 26.2 Å². The summed E-state index contributed by atoms with van der Waals surface area (Å²) in [6.07, 6.45) is 0. The fourth-order valence-electron chi connectivity index (χ4n) is 2.78. The first kappa shape index (κ1) is 14.9. The molecule has 0 aliphatic carbocycles. The molecule has 1 aliphatic heterocycles. The van der Waals surface area contributed by atoms with Crippen molar-refractivity contribution in [2.75, 3.05) is 19.7 Å². The van der Waals surface area contributed by atoms with E-state index in [0.29, 0.717) is 13.1 Å². The minimum atomic E-state index is -0.801. The molecule has 0 spiro atoms. The van der Waals surface area contributed by atoms with E-state index in [-0.39, 0.29) is 23.7 Å². The van der Waals surface area contributed by atoms with Crippen LogP contribution in [0.5, 0.6) is 0 Å². The highest BCUT2D eigenvalue weighted by molar-refractivity contribution is 5.75. The van der Waals surface area contributed by atoms with Gasteiger partial charge in [-0.2, -0.15) is 0 Å². The van der Waals surface area contributed by atoms with E-state index in [0.717, 1.165) is 0 Å². The van der Waals surface area contributed by atoms with Gasteiger partial charge in [-0.1, -0.05) is 6.92 Å². The third kappa shape index (κ3) is 2.42. The predicted octanol–water partition coefficient (Wildman–Crippen LogP) is 2.31. The topological polar surface area (TPSA) is 38.3 Å². The van der Waals surface area contributed by atoms with Crippen molar-refractivity contribution < 1.29 is 18.3 Å². The normalized spacial score (nSPS) is 25.8. The van der Waals surface area contributed by atoms with Crippen LogP contribution in [0.4, 0.5) is 8.78 Å². The van der Waals surface area contributed by atoms with Gasteiger partial charge in [0.15, 0.2) is 0 Å². The molecule has 1 saturated heterocycles. The molecule has 0 aromatic heterocycles. The smallest absolute Gasteiger partial charge is 0.311 e. The summed E-state index contributed by atoms with van der Waals surface area (Å²) in [5, 5.41) is 3.07. The van der Waals surface area contributed by atoms with Crippen LogP contribution in [0.3, 0.4) is 0 Å². The third-order valence-corrected chi connectivity index (χ3v) is 4.04. The minimum absolute atomic E-state index is 0.226. The van der Waals surface area contributed by atoms with Crippen LogP contribution >= 0.6 is 0 Å². The molecule has 1 aromatic carbocycles. The van der Waals surface area contributed by atoms with Crippen LogP contribution < -0.4 is 5.32 Å². The number of halogens is 2. The van der Waals surface area contributed by atoms with E-state index in [1.165, 1.54) is 19.1 Å². The Morgan fingerprint density at radius 2 is 2.15 bits per heavy atom. The van der Waals surface area contributed by atoms with Crippen LogP contribution in [0, 0.1) is 24.5 Å². The number of nitrogens with one attached hydrogen (secondary N) is 1. The van der Waals surface area contributed by atoms with Gasteiger partial charge in [-0.3, -0.25) is 4.79 Å². The van der Waals surface area contributed by atoms with Gasteiger partial charge < -0.3 is 10.1 Å². The Kier molecular flexibility index (Phi) is 4.09.